The van der Waals surface area contributed by atoms with Crippen LogP contribution in [-0.4, -0.2) is 11.5 Å². The van der Waals surface area contributed by atoms with E-state index in [0.29, 0.717) is 12.0 Å². The van der Waals surface area contributed by atoms with E-state index >= 15 is 0 Å². The van der Waals surface area contributed by atoms with Gasteiger partial charge in [-0.15, -0.1) is 11.3 Å². The topological polar surface area (TPSA) is 24.9 Å². The highest BCUT2D eigenvalue weighted by atomic mass is 79.9. The van der Waals surface area contributed by atoms with Crippen molar-refractivity contribution in [1.29, 1.82) is 0 Å². The number of thiazole rings is 1. The Morgan fingerprint density at radius 2 is 2.32 bits per heavy atom. The van der Waals surface area contributed by atoms with Gasteiger partial charge < -0.3 is 5.32 Å². The molecular weight excluding hydrogens is 327 g/mol. The van der Waals surface area contributed by atoms with Gasteiger partial charge in [0.25, 0.3) is 0 Å². The number of nitrogens with one attached hydrogen (secondary N) is 1. The normalized spacial score (nSPS) is 12.6. The second-order valence-corrected chi connectivity index (χ2v) is 6.20. The second kappa shape index (κ2) is 7.12. The van der Waals surface area contributed by atoms with Crippen LogP contribution >= 0.6 is 27.3 Å². The predicted octanol–water partition coefficient (Wildman–Crippen LogP) is 4.33. The third-order valence-electron chi connectivity index (χ3n) is 2.84. The van der Waals surface area contributed by atoms with E-state index in [9.17, 15) is 4.39 Å². The van der Waals surface area contributed by atoms with E-state index in [-0.39, 0.29) is 11.9 Å². The first-order valence-electron chi connectivity index (χ1n) is 6.27. The first kappa shape index (κ1) is 14.6. The van der Waals surface area contributed by atoms with E-state index in [1.165, 1.54) is 6.07 Å². The Hall–Kier alpha value is -0.780. The third-order valence-corrected chi connectivity index (χ3v) is 4.13. The van der Waals surface area contributed by atoms with Gasteiger partial charge in [0.05, 0.1) is 5.01 Å². The average molecular weight is 343 g/mol. The van der Waals surface area contributed by atoms with Crippen molar-refractivity contribution in [3.63, 3.8) is 0 Å². The Morgan fingerprint density at radius 3 is 3.00 bits per heavy atom. The molecule has 5 heteroatoms. The number of rotatable bonds is 6. The Morgan fingerprint density at radius 1 is 1.47 bits per heavy atom. The highest BCUT2D eigenvalue weighted by Crippen LogP contribution is 2.25. The summed E-state index contributed by atoms with van der Waals surface area (Å²) in [6.45, 7) is 2.96. The quantitative estimate of drug-likeness (QED) is 0.845. The molecule has 0 spiro atoms. The van der Waals surface area contributed by atoms with E-state index < -0.39 is 0 Å². The van der Waals surface area contributed by atoms with Crippen LogP contribution in [0, 0.1) is 5.82 Å². The summed E-state index contributed by atoms with van der Waals surface area (Å²) in [5, 5.41) is 6.37. The minimum Gasteiger partial charge on any atom is -0.309 e. The van der Waals surface area contributed by atoms with Gasteiger partial charge in [-0.2, -0.15) is 0 Å². The lowest BCUT2D eigenvalue weighted by atomic mass is 10.0. The number of hydrogen-bond donors (Lipinski definition) is 1. The molecule has 1 heterocycles. The molecule has 1 atom stereocenters. The fourth-order valence-corrected chi connectivity index (χ4v) is 2.96. The van der Waals surface area contributed by atoms with Crippen molar-refractivity contribution < 1.29 is 4.39 Å². The number of halogens is 2. The van der Waals surface area contributed by atoms with Gasteiger partial charge in [0, 0.05) is 34.1 Å². The number of hydrogen-bond acceptors (Lipinski definition) is 3. The minimum absolute atomic E-state index is 0.0383. The first-order chi connectivity index (χ1) is 9.20. The lowest BCUT2D eigenvalue weighted by Crippen LogP contribution is -2.25. The Bertz CT molecular complexity index is 516. The van der Waals surface area contributed by atoms with Gasteiger partial charge in [-0.3, -0.25) is 0 Å². The minimum atomic E-state index is -0.173. The van der Waals surface area contributed by atoms with Crippen LogP contribution in [0.1, 0.15) is 30.0 Å². The molecule has 19 heavy (non-hydrogen) atoms. The molecule has 2 rings (SSSR count). The SMILES string of the molecule is CCCNC(Cc1nccs1)c1cc(Br)ccc1F. The molecule has 1 aromatic heterocycles. The van der Waals surface area contributed by atoms with Crippen LogP contribution in [0.5, 0.6) is 0 Å². The van der Waals surface area contributed by atoms with E-state index in [1.54, 1.807) is 23.6 Å². The molecule has 2 aromatic rings. The van der Waals surface area contributed by atoms with Gasteiger partial charge in [-0.25, -0.2) is 9.37 Å². The number of aromatic nitrogens is 1. The molecule has 0 aliphatic rings. The molecule has 0 saturated heterocycles. The molecule has 0 saturated carbocycles. The summed E-state index contributed by atoms with van der Waals surface area (Å²) >= 11 is 5.01. The Labute approximate surface area is 125 Å². The van der Waals surface area contributed by atoms with E-state index in [2.05, 4.69) is 33.2 Å². The number of nitrogens with zero attached hydrogens (tertiary/aromatic N) is 1. The van der Waals surface area contributed by atoms with Crippen molar-refractivity contribution >= 4 is 27.3 Å². The third kappa shape index (κ3) is 4.09. The summed E-state index contributed by atoms with van der Waals surface area (Å²) in [5.41, 5.74) is 0.693. The molecule has 2 nitrogen and oxygen atoms in total. The van der Waals surface area contributed by atoms with Crippen molar-refractivity contribution in [2.45, 2.75) is 25.8 Å². The highest BCUT2D eigenvalue weighted by Gasteiger charge is 2.17. The highest BCUT2D eigenvalue weighted by molar-refractivity contribution is 9.10. The first-order valence-corrected chi connectivity index (χ1v) is 7.94. The lowest BCUT2D eigenvalue weighted by Gasteiger charge is -2.19. The fourth-order valence-electron chi connectivity index (χ4n) is 1.92. The van der Waals surface area contributed by atoms with Gasteiger partial charge in [0.15, 0.2) is 0 Å². The molecule has 0 amide bonds. The zero-order chi connectivity index (χ0) is 13.7. The maximum atomic E-state index is 14.0. The van der Waals surface area contributed by atoms with Gasteiger partial charge in [0.1, 0.15) is 5.82 Å². The summed E-state index contributed by atoms with van der Waals surface area (Å²) in [5.74, 6) is -0.173. The smallest absolute Gasteiger partial charge is 0.128 e. The van der Waals surface area contributed by atoms with Crippen LogP contribution in [0.4, 0.5) is 4.39 Å². The fraction of sp³-hybridized carbons (Fsp3) is 0.357. The Kier molecular flexibility index (Phi) is 5.48. The van der Waals surface area contributed by atoms with Crippen molar-refractivity contribution in [2.24, 2.45) is 0 Å². The van der Waals surface area contributed by atoms with E-state index in [4.69, 9.17) is 0 Å². The zero-order valence-electron chi connectivity index (χ0n) is 10.7. The molecule has 1 N–H and O–H groups in total. The van der Waals surface area contributed by atoms with Crippen molar-refractivity contribution in [1.82, 2.24) is 10.3 Å². The standard InChI is InChI=1S/C14H16BrFN2S/c1-2-5-17-13(9-14-18-6-7-19-14)11-8-10(15)3-4-12(11)16/h3-4,6-8,13,17H,2,5,9H2,1H3. The van der Waals surface area contributed by atoms with Gasteiger partial charge >= 0.3 is 0 Å². The molecule has 0 radical (unpaired) electrons. The monoisotopic (exact) mass is 342 g/mol. The van der Waals surface area contributed by atoms with Crippen molar-refractivity contribution in [3.05, 3.63) is 50.6 Å². The maximum absolute atomic E-state index is 14.0. The van der Waals surface area contributed by atoms with Crippen LogP contribution in [0.15, 0.2) is 34.2 Å². The maximum Gasteiger partial charge on any atom is 0.128 e. The Balaban J connectivity index is 2.23. The van der Waals surface area contributed by atoms with Crippen LogP contribution in [0.3, 0.4) is 0 Å². The van der Waals surface area contributed by atoms with E-state index in [1.807, 2.05) is 11.4 Å². The largest absolute Gasteiger partial charge is 0.309 e. The zero-order valence-corrected chi connectivity index (χ0v) is 13.1. The lowest BCUT2D eigenvalue weighted by molar-refractivity contribution is 0.496. The van der Waals surface area contributed by atoms with Crippen LogP contribution < -0.4 is 5.32 Å². The van der Waals surface area contributed by atoms with Crippen LogP contribution in [0.25, 0.3) is 0 Å². The van der Waals surface area contributed by atoms with Crippen LogP contribution in [-0.2, 0) is 6.42 Å². The summed E-state index contributed by atoms with van der Waals surface area (Å²) in [7, 11) is 0. The molecule has 0 bridgehead atoms. The summed E-state index contributed by atoms with van der Waals surface area (Å²) in [4.78, 5) is 4.29. The van der Waals surface area contributed by atoms with Gasteiger partial charge in [-0.05, 0) is 31.2 Å². The van der Waals surface area contributed by atoms with Gasteiger partial charge in [0.2, 0.25) is 0 Å². The molecule has 0 fully saturated rings. The summed E-state index contributed by atoms with van der Waals surface area (Å²) in [6, 6.07) is 5.03. The second-order valence-electron chi connectivity index (χ2n) is 4.30. The van der Waals surface area contributed by atoms with Crippen LogP contribution in [0.2, 0.25) is 0 Å². The molecule has 1 unspecified atom stereocenters. The molecule has 0 aliphatic carbocycles. The molecular formula is C14H16BrFN2S. The molecule has 0 aliphatic heterocycles. The predicted molar refractivity (Wildman–Crippen MR) is 81.0 cm³/mol. The van der Waals surface area contributed by atoms with E-state index in [0.717, 1.165) is 22.4 Å². The van der Waals surface area contributed by atoms with Crippen molar-refractivity contribution in [3.8, 4) is 0 Å². The number of benzene rings is 1. The molecule has 102 valence electrons. The average Bonchev–Trinajstić information content (AvgIpc) is 2.90. The van der Waals surface area contributed by atoms with Gasteiger partial charge in [-0.1, -0.05) is 22.9 Å². The summed E-state index contributed by atoms with van der Waals surface area (Å²) in [6.07, 6.45) is 3.52. The van der Waals surface area contributed by atoms with Crippen molar-refractivity contribution in [2.75, 3.05) is 6.54 Å². The summed E-state index contributed by atoms with van der Waals surface area (Å²) < 4.78 is 14.9. The molecule has 1 aromatic carbocycles.